The molecule has 0 fully saturated rings. The summed E-state index contributed by atoms with van der Waals surface area (Å²) in [6.07, 6.45) is 0.642. The zero-order valence-corrected chi connectivity index (χ0v) is 8.79. The summed E-state index contributed by atoms with van der Waals surface area (Å²) >= 11 is 0. The van der Waals surface area contributed by atoms with Crippen LogP contribution in [0.1, 0.15) is 12.5 Å². The number of benzene rings is 1. The maximum atomic E-state index is 11.0. The fourth-order valence-corrected chi connectivity index (χ4v) is 1.81. The molecule has 0 heterocycles. The zero-order chi connectivity index (χ0) is 10.8. The third kappa shape index (κ3) is 3.10. The summed E-state index contributed by atoms with van der Waals surface area (Å²) in [5.41, 5.74) is 6.48. The molecule has 1 atom stereocenters. The molecule has 0 saturated carbocycles. The fourth-order valence-electron chi connectivity index (χ4n) is 1.22. The van der Waals surface area contributed by atoms with Gasteiger partial charge in [0.15, 0.2) is 0 Å². The van der Waals surface area contributed by atoms with E-state index in [1.165, 1.54) is 6.07 Å². The summed E-state index contributed by atoms with van der Waals surface area (Å²) in [5.74, 6) is 0. The van der Waals surface area contributed by atoms with E-state index in [1.54, 1.807) is 12.1 Å². The Morgan fingerprint density at radius 1 is 1.43 bits per heavy atom. The minimum atomic E-state index is -3.60. The van der Waals surface area contributed by atoms with Crippen molar-refractivity contribution in [2.24, 2.45) is 10.9 Å². The predicted molar refractivity (Wildman–Crippen MR) is 55.2 cm³/mol. The first-order valence-electron chi connectivity index (χ1n) is 4.27. The molecule has 0 aromatic heterocycles. The highest BCUT2D eigenvalue weighted by Crippen LogP contribution is 2.10. The van der Waals surface area contributed by atoms with Gasteiger partial charge >= 0.3 is 0 Å². The van der Waals surface area contributed by atoms with Gasteiger partial charge in [0.05, 0.1) is 4.90 Å². The van der Waals surface area contributed by atoms with Crippen molar-refractivity contribution in [3.05, 3.63) is 29.8 Å². The van der Waals surface area contributed by atoms with Crippen molar-refractivity contribution in [3.63, 3.8) is 0 Å². The highest BCUT2D eigenvalue weighted by Gasteiger charge is 2.08. The maximum absolute atomic E-state index is 11.0. The van der Waals surface area contributed by atoms with Crippen molar-refractivity contribution in [2.75, 3.05) is 0 Å². The Kier molecular flexibility index (Phi) is 3.25. The van der Waals surface area contributed by atoms with E-state index >= 15 is 0 Å². The molecule has 1 aromatic rings. The van der Waals surface area contributed by atoms with E-state index in [0.29, 0.717) is 6.42 Å². The Morgan fingerprint density at radius 2 is 2.07 bits per heavy atom. The predicted octanol–water partition coefficient (Wildman–Crippen LogP) is 0.224. The molecule has 0 unspecified atom stereocenters. The van der Waals surface area contributed by atoms with Crippen molar-refractivity contribution >= 4 is 10.0 Å². The van der Waals surface area contributed by atoms with Gasteiger partial charge in [0, 0.05) is 6.04 Å². The van der Waals surface area contributed by atoms with Crippen molar-refractivity contribution in [1.82, 2.24) is 0 Å². The first kappa shape index (κ1) is 11.2. The zero-order valence-electron chi connectivity index (χ0n) is 7.97. The highest BCUT2D eigenvalue weighted by molar-refractivity contribution is 7.89. The molecule has 4 nitrogen and oxygen atoms in total. The average Bonchev–Trinajstić information content (AvgIpc) is 2.01. The minimum Gasteiger partial charge on any atom is -0.328 e. The summed E-state index contributed by atoms with van der Waals surface area (Å²) in [6.45, 7) is 1.86. The quantitative estimate of drug-likeness (QED) is 0.754. The molecular formula is C9H14N2O2S. The fraction of sp³-hybridized carbons (Fsp3) is 0.333. The van der Waals surface area contributed by atoms with Crippen LogP contribution in [0.3, 0.4) is 0 Å². The topological polar surface area (TPSA) is 86.2 Å². The van der Waals surface area contributed by atoms with Gasteiger partial charge in [-0.2, -0.15) is 0 Å². The van der Waals surface area contributed by atoms with Crippen molar-refractivity contribution < 1.29 is 8.42 Å². The van der Waals surface area contributed by atoms with Crippen LogP contribution in [0.15, 0.2) is 29.2 Å². The minimum absolute atomic E-state index is 0.00530. The molecule has 1 aromatic carbocycles. The number of sulfonamides is 1. The molecule has 0 radical (unpaired) electrons. The van der Waals surface area contributed by atoms with Gasteiger partial charge < -0.3 is 5.73 Å². The van der Waals surface area contributed by atoms with Gasteiger partial charge in [-0.3, -0.25) is 0 Å². The van der Waals surface area contributed by atoms with Gasteiger partial charge in [-0.05, 0) is 31.0 Å². The smallest absolute Gasteiger partial charge is 0.238 e. The van der Waals surface area contributed by atoms with Crippen molar-refractivity contribution in [3.8, 4) is 0 Å². The second kappa shape index (κ2) is 4.08. The van der Waals surface area contributed by atoms with E-state index in [-0.39, 0.29) is 10.9 Å². The molecule has 0 spiro atoms. The number of hydrogen-bond donors (Lipinski definition) is 2. The molecule has 1 rings (SSSR count). The average molecular weight is 214 g/mol. The summed E-state index contributed by atoms with van der Waals surface area (Å²) < 4.78 is 22.0. The molecular weight excluding hydrogens is 200 g/mol. The lowest BCUT2D eigenvalue weighted by molar-refractivity contribution is 0.597. The van der Waals surface area contributed by atoms with Crippen LogP contribution in [0.4, 0.5) is 0 Å². The molecule has 0 aliphatic rings. The largest absolute Gasteiger partial charge is 0.328 e. The Balaban J connectivity index is 3.02. The Labute approximate surface area is 84.0 Å². The first-order chi connectivity index (χ1) is 6.39. The number of primary sulfonamides is 1. The van der Waals surface area contributed by atoms with E-state index < -0.39 is 10.0 Å². The van der Waals surface area contributed by atoms with Crippen LogP contribution in [0, 0.1) is 0 Å². The summed E-state index contributed by atoms with van der Waals surface area (Å²) in [7, 11) is -3.60. The monoisotopic (exact) mass is 214 g/mol. The summed E-state index contributed by atoms with van der Waals surface area (Å²) in [5, 5.41) is 5.00. The molecule has 4 N–H and O–H groups in total. The Bertz CT molecular complexity index is 413. The van der Waals surface area contributed by atoms with Crippen LogP contribution < -0.4 is 10.9 Å². The normalized spacial score (nSPS) is 13.9. The van der Waals surface area contributed by atoms with E-state index in [2.05, 4.69) is 0 Å². The van der Waals surface area contributed by atoms with Gasteiger partial charge in [-0.25, -0.2) is 13.6 Å². The molecule has 0 aliphatic heterocycles. The molecule has 5 heteroatoms. The van der Waals surface area contributed by atoms with Crippen LogP contribution in [0.5, 0.6) is 0 Å². The van der Waals surface area contributed by atoms with Crippen LogP contribution >= 0.6 is 0 Å². The Morgan fingerprint density at radius 3 is 2.57 bits per heavy atom. The second-order valence-electron chi connectivity index (χ2n) is 3.37. The van der Waals surface area contributed by atoms with Crippen LogP contribution in [-0.2, 0) is 16.4 Å². The van der Waals surface area contributed by atoms with Crippen LogP contribution in [0.2, 0.25) is 0 Å². The van der Waals surface area contributed by atoms with Gasteiger partial charge in [-0.15, -0.1) is 0 Å². The highest BCUT2D eigenvalue weighted by atomic mass is 32.2. The number of nitrogens with two attached hydrogens (primary N) is 2. The lowest BCUT2D eigenvalue weighted by Crippen LogP contribution is -2.18. The summed E-state index contributed by atoms with van der Waals surface area (Å²) in [6, 6.07) is 6.53. The number of rotatable bonds is 3. The SMILES string of the molecule is C[C@H](N)Cc1cccc(S(N)(=O)=O)c1. The van der Waals surface area contributed by atoms with E-state index in [0.717, 1.165) is 5.56 Å². The van der Waals surface area contributed by atoms with E-state index in [9.17, 15) is 8.42 Å². The van der Waals surface area contributed by atoms with Crippen molar-refractivity contribution in [2.45, 2.75) is 24.3 Å². The van der Waals surface area contributed by atoms with E-state index in [1.807, 2.05) is 13.0 Å². The first-order valence-corrected chi connectivity index (χ1v) is 5.81. The third-order valence-electron chi connectivity index (χ3n) is 1.78. The Hall–Kier alpha value is -0.910. The standard InChI is InChI=1S/C9H14N2O2S/c1-7(10)5-8-3-2-4-9(6-8)14(11,12)13/h2-4,6-7H,5,10H2,1H3,(H2,11,12,13)/t7-/m0/s1. The third-order valence-corrected chi connectivity index (χ3v) is 2.70. The number of hydrogen-bond acceptors (Lipinski definition) is 3. The van der Waals surface area contributed by atoms with Crippen molar-refractivity contribution in [1.29, 1.82) is 0 Å². The van der Waals surface area contributed by atoms with Gasteiger partial charge in [-0.1, -0.05) is 12.1 Å². The molecule has 0 saturated heterocycles. The lowest BCUT2D eigenvalue weighted by atomic mass is 10.1. The van der Waals surface area contributed by atoms with E-state index in [4.69, 9.17) is 10.9 Å². The van der Waals surface area contributed by atoms with Gasteiger partial charge in [0.25, 0.3) is 0 Å². The van der Waals surface area contributed by atoms with Crippen LogP contribution in [-0.4, -0.2) is 14.5 Å². The molecule has 0 aliphatic carbocycles. The maximum Gasteiger partial charge on any atom is 0.238 e. The van der Waals surface area contributed by atoms with Gasteiger partial charge in [0.1, 0.15) is 0 Å². The molecule has 0 bridgehead atoms. The lowest BCUT2D eigenvalue weighted by Gasteiger charge is -2.06. The van der Waals surface area contributed by atoms with Crippen LogP contribution in [0.25, 0.3) is 0 Å². The molecule has 14 heavy (non-hydrogen) atoms. The molecule has 78 valence electrons. The molecule has 0 amide bonds. The summed E-state index contributed by atoms with van der Waals surface area (Å²) in [4.78, 5) is 0.135. The van der Waals surface area contributed by atoms with Gasteiger partial charge in [0.2, 0.25) is 10.0 Å². The second-order valence-corrected chi connectivity index (χ2v) is 4.94.